The molecule has 0 spiro atoms. The summed E-state index contributed by atoms with van der Waals surface area (Å²) in [4.78, 5) is 29.5. The first-order valence-corrected chi connectivity index (χ1v) is 13.3. The van der Waals surface area contributed by atoms with E-state index in [2.05, 4.69) is 33.0 Å². The van der Waals surface area contributed by atoms with Gasteiger partial charge in [-0.05, 0) is 37.3 Å². The number of nitrogens with zero attached hydrogens (tertiary/aromatic N) is 3. The highest BCUT2D eigenvalue weighted by molar-refractivity contribution is 8.00. The molecule has 10 heteroatoms. The monoisotopic (exact) mass is 507 g/mol. The molecule has 3 aromatic rings. The molecule has 172 valence electrons. The number of hydrogen-bond acceptors (Lipinski definition) is 7. The molecule has 2 aromatic carbocycles. The zero-order valence-electron chi connectivity index (χ0n) is 18.2. The highest BCUT2D eigenvalue weighted by Crippen LogP contribution is 2.43. The Morgan fingerprint density at radius 3 is 2.76 bits per heavy atom. The molecular formula is C24H21N5O2S3. The third-order valence-corrected chi connectivity index (χ3v) is 8.24. The summed E-state index contributed by atoms with van der Waals surface area (Å²) < 4.78 is 0. The van der Waals surface area contributed by atoms with Crippen LogP contribution >= 0.6 is 34.9 Å². The number of urea groups is 1. The summed E-state index contributed by atoms with van der Waals surface area (Å²) in [5.41, 5.74) is 1.58. The minimum Gasteiger partial charge on any atom is -0.307 e. The van der Waals surface area contributed by atoms with Crippen LogP contribution in [-0.2, 0) is 4.79 Å². The van der Waals surface area contributed by atoms with Gasteiger partial charge in [-0.15, -0.1) is 33.7 Å². The number of fused-ring (bicyclic) bond motifs is 2. The van der Waals surface area contributed by atoms with Gasteiger partial charge in [0.05, 0.1) is 22.7 Å². The van der Waals surface area contributed by atoms with Gasteiger partial charge in [0, 0.05) is 15.5 Å². The molecule has 7 nitrogen and oxygen atoms in total. The van der Waals surface area contributed by atoms with E-state index in [0.717, 1.165) is 20.5 Å². The van der Waals surface area contributed by atoms with Crippen LogP contribution in [0.5, 0.6) is 0 Å². The summed E-state index contributed by atoms with van der Waals surface area (Å²) in [5, 5.41) is 15.1. The summed E-state index contributed by atoms with van der Waals surface area (Å²) in [6.07, 6.45) is 8.22. The number of aromatic nitrogens is 2. The van der Waals surface area contributed by atoms with E-state index in [1.807, 2.05) is 72.5 Å². The van der Waals surface area contributed by atoms with Crippen molar-refractivity contribution in [3.8, 4) is 0 Å². The van der Waals surface area contributed by atoms with Gasteiger partial charge in [-0.3, -0.25) is 15.0 Å². The average molecular weight is 508 g/mol. The van der Waals surface area contributed by atoms with Gasteiger partial charge in [-0.2, -0.15) is 0 Å². The van der Waals surface area contributed by atoms with Crippen LogP contribution in [0, 0.1) is 6.92 Å². The first-order valence-electron chi connectivity index (χ1n) is 10.6. The van der Waals surface area contributed by atoms with Gasteiger partial charge in [0.2, 0.25) is 11.0 Å². The van der Waals surface area contributed by atoms with Gasteiger partial charge in [-0.1, -0.05) is 53.8 Å². The van der Waals surface area contributed by atoms with Crippen LogP contribution in [0.2, 0.25) is 0 Å². The molecule has 3 amide bonds. The molecule has 2 unspecified atom stereocenters. The minimum absolute atomic E-state index is 0.0601. The number of anilines is 3. The minimum atomic E-state index is -0.186. The number of allylic oxidation sites excluding steroid dienone is 2. The molecule has 2 N–H and O–H groups in total. The van der Waals surface area contributed by atoms with E-state index >= 15 is 0 Å². The molecule has 0 saturated heterocycles. The summed E-state index contributed by atoms with van der Waals surface area (Å²) >= 11 is 4.50. The summed E-state index contributed by atoms with van der Waals surface area (Å²) in [6.45, 7) is 1.84. The number of hydrogen-bond donors (Lipinski definition) is 2. The van der Waals surface area contributed by atoms with Crippen molar-refractivity contribution < 1.29 is 9.59 Å². The Morgan fingerprint density at radius 1 is 1.06 bits per heavy atom. The Morgan fingerprint density at radius 2 is 1.91 bits per heavy atom. The molecule has 2 aliphatic rings. The van der Waals surface area contributed by atoms with Crippen LogP contribution in [0.3, 0.4) is 0 Å². The van der Waals surface area contributed by atoms with E-state index in [9.17, 15) is 9.59 Å². The standard InChI is InChI=1S/C24H21N5O2S3/c1-15-27-28-23(33-15)26-22(30)14-32-17-8-6-7-16(13-17)25-24(31)29-18-9-2-4-11-20(18)34-21-12-5-3-10-19(21)29/h2-13,18,20H,14H2,1H3,(H,25,31)(H,26,28,30). The van der Waals surface area contributed by atoms with E-state index in [-0.39, 0.29) is 29.0 Å². The third-order valence-electron chi connectivity index (χ3n) is 5.19. The maximum Gasteiger partial charge on any atom is 0.326 e. The van der Waals surface area contributed by atoms with Crippen molar-refractivity contribution >= 4 is 63.3 Å². The summed E-state index contributed by atoms with van der Waals surface area (Å²) in [7, 11) is 0. The van der Waals surface area contributed by atoms with Crippen molar-refractivity contribution in [1.82, 2.24) is 10.2 Å². The Hall–Kier alpha value is -3.08. The van der Waals surface area contributed by atoms with E-state index < -0.39 is 0 Å². The number of thioether (sulfide) groups is 2. The Bertz CT molecular complexity index is 1290. The molecule has 34 heavy (non-hydrogen) atoms. The van der Waals surface area contributed by atoms with Gasteiger partial charge in [0.15, 0.2) is 0 Å². The van der Waals surface area contributed by atoms with E-state index in [1.54, 1.807) is 11.8 Å². The molecular weight excluding hydrogens is 486 g/mol. The maximum absolute atomic E-state index is 13.4. The van der Waals surface area contributed by atoms with Crippen molar-refractivity contribution in [2.75, 3.05) is 21.3 Å². The lowest BCUT2D eigenvalue weighted by Crippen LogP contribution is -2.49. The van der Waals surface area contributed by atoms with Crippen LogP contribution in [0.1, 0.15) is 5.01 Å². The zero-order chi connectivity index (χ0) is 23.5. The lowest BCUT2D eigenvalue weighted by molar-refractivity contribution is -0.113. The Labute approximate surface area is 209 Å². The van der Waals surface area contributed by atoms with Gasteiger partial charge >= 0.3 is 6.03 Å². The number of amides is 3. The number of carbonyl (C=O) groups is 2. The topological polar surface area (TPSA) is 87.2 Å². The fourth-order valence-electron chi connectivity index (χ4n) is 3.72. The Kier molecular flexibility index (Phi) is 6.70. The number of aryl methyl sites for hydroxylation is 1. The second-order valence-corrected chi connectivity index (χ2v) is 11.1. The molecule has 0 saturated carbocycles. The molecule has 1 aliphatic heterocycles. The van der Waals surface area contributed by atoms with Crippen LogP contribution < -0.4 is 15.5 Å². The Balaban J connectivity index is 1.27. The lowest BCUT2D eigenvalue weighted by atomic mass is 10.1. The molecule has 1 aromatic heterocycles. The molecule has 1 aliphatic carbocycles. The van der Waals surface area contributed by atoms with E-state index in [0.29, 0.717) is 10.8 Å². The predicted molar refractivity (Wildman–Crippen MR) is 140 cm³/mol. The third kappa shape index (κ3) is 5.03. The van der Waals surface area contributed by atoms with Crippen molar-refractivity contribution in [3.05, 3.63) is 77.8 Å². The smallest absolute Gasteiger partial charge is 0.307 e. The number of rotatable bonds is 5. The number of carbonyl (C=O) groups excluding carboxylic acids is 2. The van der Waals surface area contributed by atoms with Crippen molar-refractivity contribution in [2.24, 2.45) is 0 Å². The normalized spacial score (nSPS) is 18.2. The van der Waals surface area contributed by atoms with Gasteiger partial charge in [0.1, 0.15) is 5.01 Å². The fraction of sp³-hybridized carbons (Fsp3) is 0.167. The second-order valence-electron chi connectivity index (χ2n) is 7.60. The fourth-order valence-corrected chi connectivity index (χ4v) is 6.35. The first kappa shape index (κ1) is 22.7. The lowest BCUT2D eigenvalue weighted by Gasteiger charge is -2.40. The maximum atomic E-state index is 13.4. The van der Waals surface area contributed by atoms with Crippen LogP contribution in [0.15, 0.2) is 82.6 Å². The van der Waals surface area contributed by atoms with Crippen molar-refractivity contribution in [3.63, 3.8) is 0 Å². The van der Waals surface area contributed by atoms with E-state index in [4.69, 9.17) is 0 Å². The molecule has 0 bridgehead atoms. The van der Waals surface area contributed by atoms with E-state index in [1.165, 1.54) is 23.1 Å². The highest BCUT2D eigenvalue weighted by Gasteiger charge is 2.36. The number of benzene rings is 2. The number of nitrogens with one attached hydrogen (secondary N) is 2. The summed E-state index contributed by atoms with van der Waals surface area (Å²) in [6, 6.07) is 15.2. The zero-order valence-corrected chi connectivity index (χ0v) is 20.6. The predicted octanol–water partition coefficient (Wildman–Crippen LogP) is 5.58. The average Bonchev–Trinajstić information content (AvgIpc) is 3.25. The van der Waals surface area contributed by atoms with Crippen LogP contribution in [-0.4, -0.2) is 39.2 Å². The van der Waals surface area contributed by atoms with Crippen LogP contribution in [0.4, 0.5) is 21.3 Å². The molecule has 0 fully saturated rings. The molecule has 5 rings (SSSR count). The second kappa shape index (κ2) is 10.0. The van der Waals surface area contributed by atoms with Crippen molar-refractivity contribution in [2.45, 2.75) is 28.0 Å². The number of para-hydroxylation sites is 1. The molecule has 2 heterocycles. The SMILES string of the molecule is Cc1nnc(NC(=O)CSc2cccc(NC(=O)N3c4ccccc4SC4C=CC=CC43)c2)s1. The summed E-state index contributed by atoms with van der Waals surface area (Å²) in [5.74, 6) is 0.0781. The first-order chi connectivity index (χ1) is 16.6. The van der Waals surface area contributed by atoms with Gasteiger partial charge in [0.25, 0.3) is 0 Å². The van der Waals surface area contributed by atoms with Gasteiger partial charge < -0.3 is 5.32 Å². The quantitative estimate of drug-likeness (QED) is 0.438. The van der Waals surface area contributed by atoms with Crippen LogP contribution in [0.25, 0.3) is 0 Å². The highest BCUT2D eigenvalue weighted by atomic mass is 32.2. The molecule has 2 atom stereocenters. The molecule has 0 radical (unpaired) electrons. The largest absolute Gasteiger partial charge is 0.326 e. The van der Waals surface area contributed by atoms with Gasteiger partial charge in [-0.25, -0.2) is 4.79 Å². The van der Waals surface area contributed by atoms with Crippen molar-refractivity contribution in [1.29, 1.82) is 0 Å².